The van der Waals surface area contributed by atoms with Gasteiger partial charge in [0.15, 0.2) is 0 Å². The van der Waals surface area contributed by atoms with Gasteiger partial charge >= 0.3 is 0 Å². The molecule has 1 saturated carbocycles. The van der Waals surface area contributed by atoms with Crippen LogP contribution in [0.4, 0.5) is 0 Å². The molecule has 66 valence electrons. The van der Waals surface area contributed by atoms with Crippen molar-refractivity contribution in [2.75, 3.05) is 0 Å². The van der Waals surface area contributed by atoms with Crippen LogP contribution < -0.4 is 9.86 Å². The topological polar surface area (TPSA) is 112 Å². The van der Waals surface area contributed by atoms with E-state index < -0.39 is 26.2 Å². The quantitative estimate of drug-likeness (QED) is 0.519. The summed E-state index contributed by atoms with van der Waals surface area (Å²) in [6.45, 7) is 0. The van der Waals surface area contributed by atoms with Crippen LogP contribution in [0.15, 0.2) is 0 Å². The number of sulfonamides is 1. The molecule has 1 fully saturated rings. The fraction of sp³-hybridized carbons (Fsp3) is 1.00. The van der Waals surface area contributed by atoms with E-state index in [1.54, 1.807) is 0 Å². The Balaban J connectivity index is 2.78. The Kier molecular flexibility index (Phi) is 2.05. The van der Waals surface area contributed by atoms with Gasteiger partial charge in [0, 0.05) is 11.3 Å². The molecule has 11 heavy (non-hydrogen) atoms. The second kappa shape index (κ2) is 2.49. The molecule has 1 rings (SSSR count). The number of hydrogen-bond donors (Lipinski definition) is 2. The van der Waals surface area contributed by atoms with Gasteiger partial charge in [0.2, 0.25) is 10.0 Å². The van der Waals surface area contributed by atoms with Crippen molar-refractivity contribution in [3.63, 3.8) is 0 Å². The zero-order chi connectivity index (χ0) is 8.70. The van der Waals surface area contributed by atoms with Gasteiger partial charge in [-0.25, -0.2) is 18.3 Å². The van der Waals surface area contributed by atoms with Crippen LogP contribution in [0.2, 0.25) is 0 Å². The standard InChI is InChI=1S/C3H8N2O4S2/c4-11(8,9)3(1-2-3)5-10(6)7/h5H,1-2H2,(H,6,7)(H2,4,8,9)/p-1. The van der Waals surface area contributed by atoms with E-state index in [9.17, 15) is 17.2 Å². The Hall–Kier alpha value is -0.0200. The SMILES string of the molecule is NS(=O)(=O)C1(NS(=O)[O-])CC1. The maximum Gasteiger partial charge on any atom is 0.228 e. The van der Waals surface area contributed by atoms with Crippen molar-refractivity contribution in [1.82, 2.24) is 4.72 Å². The molecule has 0 amide bonds. The van der Waals surface area contributed by atoms with E-state index >= 15 is 0 Å². The van der Waals surface area contributed by atoms with Crippen molar-refractivity contribution in [2.24, 2.45) is 5.14 Å². The molecule has 8 heteroatoms. The number of nitrogens with one attached hydrogen (secondary N) is 1. The summed E-state index contributed by atoms with van der Waals surface area (Å²) in [5, 5.41) is 4.76. The lowest BCUT2D eigenvalue weighted by Gasteiger charge is -2.15. The Morgan fingerprint density at radius 3 is 2.09 bits per heavy atom. The van der Waals surface area contributed by atoms with Gasteiger partial charge in [-0.2, -0.15) is 0 Å². The molecule has 1 unspecified atom stereocenters. The Bertz CT molecular complexity index is 280. The molecule has 0 saturated heterocycles. The van der Waals surface area contributed by atoms with Gasteiger partial charge in [0.05, 0.1) is 0 Å². The lowest BCUT2D eigenvalue weighted by molar-refractivity contribution is 0.510. The van der Waals surface area contributed by atoms with E-state index in [1.807, 2.05) is 4.72 Å². The normalized spacial score (nSPS) is 24.5. The zero-order valence-electron chi connectivity index (χ0n) is 5.44. The van der Waals surface area contributed by atoms with Gasteiger partial charge in [-0.1, -0.05) is 0 Å². The van der Waals surface area contributed by atoms with Crippen LogP contribution in [0.3, 0.4) is 0 Å². The molecule has 0 spiro atoms. The molecular formula is C3H7N2O4S2-. The second-order valence-corrected chi connectivity index (χ2v) is 4.92. The van der Waals surface area contributed by atoms with Crippen LogP contribution in [0.1, 0.15) is 12.8 Å². The predicted octanol–water partition coefficient (Wildman–Crippen LogP) is -1.85. The molecule has 1 aliphatic carbocycles. The van der Waals surface area contributed by atoms with Gasteiger partial charge in [0.25, 0.3) is 0 Å². The highest BCUT2D eigenvalue weighted by molar-refractivity contribution is 7.91. The number of nitrogens with two attached hydrogens (primary N) is 1. The third-order valence-electron chi connectivity index (χ3n) is 1.52. The van der Waals surface area contributed by atoms with Gasteiger partial charge in [-0.3, -0.25) is 4.21 Å². The molecule has 0 aliphatic heterocycles. The van der Waals surface area contributed by atoms with E-state index in [4.69, 9.17) is 5.14 Å². The molecule has 0 aromatic heterocycles. The highest BCUT2D eigenvalue weighted by Gasteiger charge is 2.53. The molecule has 3 N–H and O–H groups in total. The molecule has 0 heterocycles. The van der Waals surface area contributed by atoms with Crippen LogP contribution in [0, 0.1) is 0 Å². The first-order valence-corrected chi connectivity index (χ1v) is 5.39. The molecule has 0 radical (unpaired) electrons. The summed E-state index contributed by atoms with van der Waals surface area (Å²) in [7, 11) is -3.79. The average Bonchev–Trinajstić information content (AvgIpc) is 2.42. The van der Waals surface area contributed by atoms with Gasteiger partial charge in [-0.15, -0.1) is 0 Å². The van der Waals surface area contributed by atoms with E-state index in [-0.39, 0.29) is 12.8 Å². The van der Waals surface area contributed by atoms with Gasteiger partial charge < -0.3 is 4.55 Å². The number of rotatable bonds is 3. The number of primary sulfonamides is 1. The summed E-state index contributed by atoms with van der Waals surface area (Å²) in [6.07, 6.45) is 0.500. The van der Waals surface area contributed by atoms with E-state index in [0.717, 1.165) is 0 Å². The fourth-order valence-electron chi connectivity index (χ4n) is 0.710. The van der Waals surface area contributed by atoms with Crippen molar-refractivity contribution >= 4 is 21.3 Å². The van der Waals surface area contributed by atoms with Crippen LogP contribution in [-0.4, -0.2) is 22.1 Å². The van der Waals surface area contributed by atoms with Crippen molar-refractivity contribution in [3.8, 4) is 0 Å². The first-order chi connectivity index (χ1) is 4.87. The first kappa shape index (κ1) is 9.07. The number of hydrogen-bond acceptors (Lipinski definition) is 4. The molecule has 6 nitrogen and oxygen atoms in total. The zero-order valence-corrected chi connectivity index (χ0v) is 7.07. The summed E-state index contributed by atoms with van der Waals surface area (Å²) in [6, 6.07) is 0. The Morgan fingerprint density at radius 2 is 2.00 bits per heavy atom. The third kappa shape index (κ3) is 1.76. The molecule has 1 atom stereocenters. The largest absolute Gasteiger partial charge is 0.760 e. The molecule has 0 aromatic rings. The van der Waals surface area contributed by atoms with E-state index in [1.165, 1.54) is 0 Å². The lowest BCUT2D eigenvalue weighted by atomic mass is 10.8. The van der Waals surface area contributed by atoms with Crippen molar-refractivity contribution in [2.45, 2.75) is 17.7 Å². The minimum absolute atomic E-state index is 0.250. The average molecular weight is 199 g/mol. The van der Waals surface area contributed by atoms with Crippen LogP contribution in [0.5, 0.6) is 0 Å². The summed E-state index contributed by atoms with van der Waals surface area (Å²) in [4.78, 5) is -1.40. The predicted molar refractivity (Wildman–Crippen MR) is 37.1 cm³/mol. The molecular weight excluding hydrogens is 192 g/mol. The smallest absolute Gasteiger partial charge is 0.228 e. The minimum atomic E-state index is -3.79. The third-order valence-corrected chi connectivity index (χ3v) is 3.80. The van der Waals surface area contributed by atoms with Crippen LogP contribution >= 0.6 is 0 Å². The summed E-state index contributed by atoms with van der Waals surface area (Å²) < 4.78 is 43.4. The molecule has 1 aliphatic rings. The first-order valence-electron chi connectivity index (χ1n) is 2.77. The van der Waals surface area contributed by atoms with Crippen molar-refractivity contribution in [3.05, 3.63) is 0 Å². The summed E-state index contributed by atoms with van der Waals surface area (Å²) in [5.74, 6) is 0. The highest BCUT2D eigenvalue weighted by atomic mass is 32.2. The second-order valence-electron chi connectivity index (χ2n) is 2.38. The fourth-order valence-corrected chi connectivity index (χ4v) is 2.56. The van der Waals surface area contributed by atoms with E-state index in [2.05, 4.69) is 0 Å². The van der Waals surface area contributed by atoms with Crippen LogP contribution in [0.25, 0.3) is 0 Å². The maximum atomic E-state index is 10.7. The maximum absolute atomic E-state index is 10.7. The lowest BCUT2D eigenvalue weighted by Crippen LogP contribution is -2.43. The summed E-state index contributed by atoms with van der Waals surface area (Å²) in [5.41, 5.74) is 0. The van der Waals surface area contributed by atoms with Crippen molar-refractivity contribution in [1.29, 1.82) is 0 Å². The van der Waals surface area contributed by atoms with E-state index in [0.29, 0.717) is 0 Å². The van der Waals surface area contributed by atoms with Crippen molar-refractivity contribution < 1.29 is 17.2 Å². The van der Waals surface area contributed by atoms with Gasteiger partial charge in [0.1, 0.15) is 4.87 Å². The minimum Gasteiger partial charge on any atom is -0.760 e. The highest BCUT2D eigenvalue weighted by Crippen LogP contribution is 2.39. The van der Waals surface area contributed by atoms with Gasteiger partial charge in [-0.05, 0) is 12.8 Å². The Morgan fingerprint density at radius 1 is 1.55 bits per heavy atom. The summed E-state index contributed by atoms with van der Waals surface area (Å²) >= 11 is -2.58. The molecule has 0 bridgehead atoms. The Labute approximate surface area is 66.6 Å². The van der Waals surface area contributed by atoms with Crippen LogP contribution in [-0.2, 0) is 21.3 Å². The monoisotopic (exact) mass is 199 g/mol. The molecule has 0 aromatic carbocycles.